The van der Waals surface area contributed by atoms with Crippen molar-refractivity contribution in [3.63, 3.8) is 0 Å². The first kappa shape index (κ1) is 16.4. The zero-order chi connectivity index (χ0) is 15.5. The number of nitrogens with zero attached hydrogens (tertiary/aromatic N) is 1. The van der Waals surface area contributed by atoms with E-state index in [1.165, 1.54) is 6.07 Å². The van der Waals surface area contributed by atoms with Gasteiger partial charge >= 0.3 is 0 Å². The molecule has 0 spiro atoms. The number of sulfonamides is 1. The van der Waals surface area contributed by atoms with Gasteiger partial charge in [-0.15, -0.1) is 0 Å². The van der Waals surface area contributed by atoms with E-state index in [9.17, 15) is 18.5 Å². The summed E-state index contributed by atoms with van der Waals surface area (Å²) in [6.45, 7) is 5.76. The molecule has 20 heavy (non-hydrogen) atoms. The van der Waals surface area contributed by atoms with Crippen LogP contribution >= 0.6 is 0 Å². The molecule has 112 valence electrons. The van der Waals surface area contributed by atoms with Crippen LogP contribution in [0.4, 0.5) is 11.4 Å². The Balaban J connectivity index is 2.99. The number of benzene rings is 1. The summed E-state index contributed by atoms with van der Waals surface area (Å²) in [6.07, 6.45) is 0.696. The normalized spacial score (nSPS) is 13.4. The molecule has 0 radical (unpaired) electrons. The topological polar surface area (TPSA) is 115 Å². The SMILES string of the molecule is CC(C)CC(C)NS(=O)(=O)c1ccc([N+](=O)[O-])c(N)c1. The van der Waals surface area contributed by atoms with Crippen LogP contribution in [-0.2, 0) is 10.0 Å². The first-order valence-corrected chi connectivity index (χ1v) is 7.68. The van der Waals surface area contributed by atoms with Crippen LogP contribution in [0.1, 0.15) is 27.2 Å². The van der Waals surface area contributed by atoms with Crippen LogP contribution in [0.5, 0.6) is 0 Å². The van der Waals surface area contributed by atoms with Gasteiger partial charge in [0, 0.05) is 12.1 Å². The molecule has 0 bridgehead atoms. The molecule has 1 unspecified atom stereocenters. The second-order valence-electron chi connectivity index (χ2n) is 5.13. The van der Waals surface area contributed by atoms with Gasteiger partial charge in [-0.1, -0.05) is 13.8 Å². The quantitative estimate of drug-likeness (QED) is 0.473. The number of hydrogen-bond acceptors (Lipinski definition) is 5. The molecule has 1 aromatic carbocycles. The van der Waals surface area contributed by atoms with Gasteiger partial charge in [0.15, 0.2) is 0 Å². The second-order valence-corrected chi connectivity index (χ2v) is 6.84. The Labute approximate surface area is 118 Å². The smallest absolute Gasteiger partial charge is 0.292 e. The minimum absolute atomic E-state index is 0.0730. The van der Waals surface area contributed by atoms with Crippen molar-refractivity contribution in [1.82, 2.24) is 4.72 Å². The molecule has 1 atom stereocenters. The highest BCUT2D eigenvalue weighted by atomic mass is 32.2. The van der Waals surface area contributed by atoms with Crippen molar-refractivity contribution in [1.29, 1.82) is 0 Å². The predicted molar refractivity (Wildman–Crippen MR) is 76.7 cm³/mol. The number of nitro groups is 1. The minimum Gasteiger partial charge on any atom is -0.393 e. The standard InChI is InChI=1S/C12H19N3O4S/c1-8(2)6-9(3)14-20(18,19)10-4-5-12(15(16)17)11(13)7-10/h4-5,7-9,14H,6,13H2,1-3H3. The van der Waals surface area contributed by atoms with Gasteiger partial charge in [-0.3, -0.25) is 10.1 Å². The van der Waals surface area contributed by atoms with Gasteiger partial charge in [0.05, 0.1) is 9.82 Å². The Morgan fingerprint density at radius 1 is 1.35 bits per heavy atom. The molecule has 0 amide bonds. The third kappa shape index (κ3) is 4.17. The van der Waals surface area contributed by atoms with Gasteiger partial charge < -0.3 is 5.73 Å². The lowest BCUT2D eigenvalue weighted by atomic mass is 10.1. The van der Waals surface area contributed by atoms with Gasteiger partial charge in [-0.05, 0) is 31.4 Å². The highest BCUT2D eigenvalue weighted by molar-refractivity contribution is 7.89. The maximum atomic E-state index is 12.1. The van der Waals surface area contributed by atoms with E-state index in [4.69, 9.17) is 5.73 Å². The fraction of sp³-hybridized carbons (Fsp3) is 0.500. The maximum Gasteiger partial charge on any atom is 0.292 e. The molecule has 3 N–H and O–H groups in total. The number of nitrogens with one attached hydrogen (secondary N) is 1. The van der Waals surface area contributed by atoms with Crippen molar-refractivity contribution >= 4 is 21.4 Å². The summed E-state index contributed by atoms with van der Waals surface area (Å²) in [5, 5.41) is 10.6. The van der Waals surface area contributed by atoms with Crippen LogP contribution in [-0.4, -0.2) is 19.4 Å². The number of nitrogens with two attached hydrogens (primary N) is 1. The number of nitrogen functional groups attached to an aromatic ring is 1. The third-order valence-electron chi connectivity index (χ3n) is 2.69. The van der Waals surface area contributed by atoms with E-state index in [0.29, 0.717) is 12.3 Å². The monoisotopic (exact) mass is 301 g/mol. The first-order valence-electron chi connectivity index (χ1n) is 6.19. The van der Waals surface area contributed by atoms with Gasteiger partial charge in [0.25, 0.3) is 5.69 Å². The molecular weight excluding hydrogens is 282 g/mol. The van der Waals surface area contributed by atoms with Crippen molar-refractivity contribution in [2.24, 2.45) is 5.92 Å². The molecule has 0 saturated carbocycles. The van der Waals surface area contributed by atoms with Crippen LogP contribution in [0.25, 0.3) is 0 Å². The van der Waals surface area contributed by atoms with Crippen molar-refractivity contribution in [2.45, 2.75) is 38.1 Å². The molecule has 0 aromatic heterocycles. The molecule has 0 saturated heterocycles. The van der Waals surface area contributed by atoms with E-state index in [1.807, 2.05) is 13.8 Å². The molecule has 0 fully saturated rings. The van der Waals surface area contributed by atoms with E-state index in [0.717, 1.165) is 12.1 Å². The Hall–Kier alpha value is -1.67. The fourth-order valence-electron chi connectivity index (χ4n) is 1.95. The molecule has 0 aliphatic heterocycles. The number of anilines is 1. The van der Waals surface area contributed by atoms with Crippen LogP contribution in [0, 0.1) is 16.0 Å². The summed E-state index contributed by atoms with van der Waals surface area (Å²) in [6, 6.07) is 3.15. The lowest BCUT2D eigenvalue weighted by Gasteiger charge is -2.16. The maximum absolute atomic E-state index is 12.1. The van der Waals surface area contributed by atoms with Gasteiger partial charge in [-0.25, -0.2) is 13.1 Å². The Morgan fingerprint density at radius 2 is 1.95 bits per heavy atom. The zero-order valence-corrected chi connectivity index (χ0v) is 12.5. The molecular formula is C12H19N3O4S. The van der Waals surface area contributed by atoms with Crippen LogP contribution in [0.15, 0.2) is 23.1 Å². The predicted octanol–water partition coefficient (Wildman–Crippen LogP) is 1.89. The third-order valence-corrected chi connectivity index (χ3v) is 4.27. The second kappa shape index (κ2) is 6.19. The van der Waals surface area contributed by atoms with Crippen molar-refractivity contribution in [3.8, 4) is 0 Å². The van der Waals surface area contributed by atoms with E-state index in [-0.39, 0.29) is 22.3 Å². The molecule has 7 nitrogen and oxygen atoms in total. The summed E-state index contributed by atoms with van der Waals surface area (Å²) in [5.41, 5.74) is 5.02. The number of hydrogen-bond donors (Lipinski definition) is 2. The summed E-state index contributed by atoms with van der Waals surface area (Å²) in [4.78, 5) is 9.92. The van der Waals surface area contributed by atoms with E-state index in [2.05, 4.69) is 4.72 Å². The average Bonchev–Trinajstić information content (AvgIpc) is 2.25. The van der Waals surface area contributed by atoms with Crippen LogP contribution in [0.3, 0.4) is 0 Å². The summed E-state index contributed by atoms with van der Waals surface area (Å²) >= 11 is 0. The van der Waals surface area contributed by atoms with Crippen molar-refractivity contribution in [3.05, 3.63) is 28.3 Å². The molecule has 8 heteroatoms. The largest absolute Gasteiger partial charge is 0.393 e. The summed E-state index contributed by atoms with van der Waals surface area (Å²) < 4.78 is 26.8. The number of nitro benzene ring substituents is 1. The van der Waals surface area contributed by atoms with E-state index < -0.39 is 14.9 Å². The highest BCUT2D eigenvalue weighted by Crippen LogP contribution is 2.24. The molecule has 1 rings (SSSR count). The average molecular weight is 301 g/mol. The van der Waals surface area contributed by atoms with E-state index in [1.54, 1.807) is 6.92 Å². The molecule has 0 aliphatic rings. The van der Waals surface area contributed by atoms with Crippen LogP contribution < -0.4 is 10.5 Å². The molecule has 0 heterocycles. The Morgan fingerprint density at radius 3 is 2.40 bits per heavy atom. The Kier molecular flexibility index (Phi) is 5.07. The first-order chi connectivity index (χ1) is 9.13. The Bertz CT molecular complexity index is 599. The van der Waals surface area contributed by atoms with Gasteiger partial charge in [0.2, 0.25) is 10.0 Å². The summed E-state index contributed by atoms with van der Waals surface area (Å²) in [5.74, 6) is 0.356. The van der Waals surface area contributed by atoms with Crippen LogP contribution in [0.2, 0.25) is 0 Å². The van der Waals surface area contributed by atoms with E-state index >= 15 is 0 Å². The van der Waals surface area contributed by atoms with Crippen molar-refractivity contribution in [2.75, 3.05) is 5.73 Å². The van der Waals surface area contributed by atoms with Gasteiger partial charge in [-0.2, -0.15) is 0 Å². The number of rotatable bonds is 6. The lowest BCUT2D eigenvalue weighted by Crippen LogP contribution is -2.33. The highest BCUT2D eigenvalue weighted by Gasteiger charge is 2.21. The zero-order valence-electron chi connectivity index (χ0n) is 11.7. The fourth-order valence-corrected chi connectivity index (χ4v) is 3.25. The lowest BCUT2D eigenvalue weighted by molar-refractivity contribution is -0.383. The van der Waals surface area contributed by atoms with Crippen molar-refractivity contribution < 1.29 is 13.3 Å². The minimum atomic E-state index is -3.72. The summed E-state index contributed by atoms with van der Waals surface area (Å²) in [7, 11) is -3.72. The molecule has 1 aromatic rings. The van der Waals surface area contributed by atoms with Gasteiger partial charge in [0.1, 0.15) is 5.69 Å². The molecule has 0 aliphatic carbocycles.